The molecule has 7 nitrogen and oxygen atoms in total. The number of nitro benzene ring substituents is 1. The smallest absolute Gasteiger partial charge is 0.274 e. The van der Waals surface area contributed by atoms with Crippen molar-refractivity contribution in [3.63, 3.8) is 0 Å². The van der Waals surface area contributed by atoms with Gasteiger partial charge < -0.3 is 5.73 Å². The molecule has 110 valence electrons. The number of halogens is 1. The molecule has 0 spiro atoms. The molecule has 0 unspecified atom stereocenters. The second-order valence-corrected chi connectivity index (χ2v) is 6.44. The maximum atomic E-state index is 13.9. The summed E-state index contributed by atoms with van der Waals surface area (Å²) in [5.74, 6) is -1.19. The molecule has 0 bridgehead atoms. The first-order valence-electron chi connectivity index (χ1n) is 6.07. The quantitative estimate of drug-likeness (QED) is 0.517. The summed E-state index contributed by atoms with van der Waals surface area (Å²) in [5.41, 5.74) is 4.49. The fourth-order valence-corrected chi connectivity index (χ4v) is 3.87. The zero-order valence-corrected chi connectivity index (χ0v) is 11.4. The number of piperidine rings is 1. The van der Waals surface area contributed by atoms with Gasteiger partial charge in [0, 0.05) is 19.2 Å². The SMILES string of the molecule is Nc1cc([N+](=O)[O-])cc(F)c1S(=O)(=O)N1CCCCC1. The number of nitrogens with zero attached hydrogens (tertiary/aromatic N) is 2. The molecule has 1 saturated heterocycles. The summed E-state index contributed by atoms with van der Waals surface area (Å²) in [6, 6.07) is 1.44. The predicted octanol–water partition coefficient (Wildman–Crippen LogP) is 1.49. The fourth-order valence-electron chi connectivity index (χ4n) is 2.21. The van der Waals surface area contributed by atoms with Crippen molar-refractivity contribution < 1.29 is 17.7 Å². The molecule has 0 saturated carbocycles. The number of nitrogens with two attached hydrogens (primary N) is 1. The second-order valence-electron chi connectivity index (χ2n) is 4.57. The Bertz CT molecular complexity index is 618. The van der Waals surface area contributed by atoms with Crippen molar-refractivity contribution in [1.29, 1.82) is 0 Å². The Kier molecular flexibility index (Phi) is 3.91. The Morgan fingerprint density at radius 1 is 1.25 bits per heavy atom. The summed E-state index contributed by atoms with van der Waals surface area (Å²) in [5, 5.41) is 10.6. The fraction of sp³-hybridized carbons (Fsp3) is 0.455. The van der Waals surface area contributed by atoms with E-state index in [9.17, 15) is 22.9 Å². The number of hydrogen-bond donors (Lipinski definition) is 1. The highest BCUT2D eigenvalue weighted by atomic mass is 32.2. The first-order chi connectivity index (χ1) is 9.34. The third-order valence-corrected chi connectivity index (χ3v) is 5.17. The number of anilines is 1. The average molecular weight is 303 g/mol. The number of nitro groups is 1. The van der Waals surface area contributed by atoms with Crippen LogP contribution in [0, 0.1) is 15.9 Å². The third kappa shape index (κ3) is 2.59. The summed E-state index contributed by atoms with van der Waals surface area (Å²) in [6.07, 6.45) is 2.33. The summed E-state index contributed by atoms with van der Waals surface area (Å²) in [7, 11) is -4.06. The minimum absolute atomic E-state index is 0.304. The molecule has 1 heterocycles. The van der Waals surface area contributed by atoms with Gasteiger partial charge in [-0.2, -0.15) is 4.31 Å². The number of nitrogen functional groups attached to an aromatic ring is 1. The van der Waals surface area contributed by atoms with Crippen LogP contribution in [0.15, 0.2) is 17.0 Å². The summed E-state index contributed by atoms with van der Waals surface area (Å²) in [6.45, 7) is 0.608. The molecule has 2 rings (SSSR count). The monoisotopic (exact) mass is 303 g/mol. The molecule has 0 amide bonds. The molecule has 0 aliphatic carbocycles. The van der Waals surface area contributed by atoms with E-state index in [2.05, 4.69) is 0 Å². The van der Waals surface area contributed by atoms with Gasteiger partial charge in [-0.1, -0.05) is 6.42 Å². The molecule has 1 aliphatic rings. The third-order valence-electron chi connectivity index (χ3n) is 3.18. The van der Waals surface area contributed by atoms with Gasteiger partial charge in [-0.05, 0) is 12.8 Å². The van der Waals surface area contributed by atoms with E-state index >= 15 is 0 Å². The van der Waals surface area contributed by atoms with Crippen molar-refractivity contribution in [3.8, 4) is 0 Å². The Labute approximate surface area is 115 Å². The Balaban J connectivity index is 2.49. The van der Waals surface area contributed by atoms with E-state index in [1.165, 1.54) is 0 Å². The Hall–Kier alpha value is -1.74. The molecule has 1 aromatic carbocycles. The molecule has 1 aromatic rings. The van der Waals surface area contributed by atoms with Crippen LogP contribution in [0.3, 0.4) is 0 Å². The Morgan fingerprint density at radius 3 is 2.35 bits per heavy atom. The predicted molar refractivity (Wildman–Crippen MR) is 70.1 cm³/mol. The topological polar surface area (TPSA) is 107 Å². The van der Waals surface area contributed by atoms with Crippen LogP contribution >= 0.6 is 0 Å². The lowest BCUT2D eigenvalue weighted by atomic mass is 10.2. The lowest BCUT2D eigenvalue weighted by Gasteiger charge is -2.26. The highest BCUT2D eigenvalue weighted by Gasteiger charge is 2.32. The highest BCUT2D eigenvalue weighted by Crippen LogP contribution is 2.31. The Morgan fingerprint density at radius 2 is 1.85 bits per heavy atom. The maximum absolute atomic E-state index is 13.9. The van der Waals surface area contributed by atoms with Crippen LogP contribution in [0.25, 0.3) is 0 Å². The van der Waals surface area contributed by atoms with Crippen LogP contribution in [0.2, 0.25) is 0 Å². The average Bonchev–Trinajstić information content (AvgIpc) is 2.38. The lowest BCUT2D eigenvalue weighted by Crippen LogP contribution is -2.36. The van der Waals surface area contributed by atoms with Gasteiger partial charge in [-0.3, -0.25) is 10.1 Å². The van der Waals surface area contributed by atoms with Gasteiger partial charge in [0.15, 0.2) is 5.82 Å². The number of sulfonamides is 1. The van der Waals surface area contributed by atoms with Gasteiger partial charge >= 0.3 is 0 Å². The zero-order chi connectivity index (χ0) is 14.9. The standard InChI is InChI=1S/C11H14FN3O4S/c12-9-6-8(15(16)17)7-10(13)11(9)20(18,19)14-4-2-1-3-5-14/h6-7H,1-5,13H2. The minimum Gasteiger partial charge on any atom is -0.397 e. The molecule has 0 aromatic heterocycles. The highest BCUT2D eigenvalue weighted by molar-refractivity contribution is 7.89. The van der Waals surface area contributed by atoms with Crippen LogP contribution in [-0.2, 0) is 10.0 Å². The van der Waals surface area contributed by atoms with Crippen LogP contribution in [0.5, 0.6) is 0 Å². The van der Waals surface area contributed by atoms with Gasteiger partial charge in [-0.15, -0.1) is 0 Å². The first kappa shape index (κ1) is 14.7. The van der Waals surface area contributed by atoms with Gasteiger partial charge in [-0.25, -0.2) is 12.8 Å². The summed E-state index contributed by atoms with van der Waals surface area (Å²) < 4.78 is 39.8. The summed E-state index contributed by atoms with van der Waals surface area (Å²) in [4.78, 5) is 9.09. The van der Waals surface area contributed by atoms with Crippen LogP contribution in [0.4, 0.5) is 15.8 Å². The number of hydrogen-bond acceptors (Lipinski definition) is 5. The van der Waals surface area contributed by atoms with Gasteiger partial charge in [0.05, 0.1) is 16.7 Å². The molecule has 0 radical (unpaired) electrons. The zero-order valence-electron chi connectivity index (χ0n) is 10.6. The molecule has 1 fully saturated rings. The van der Waals surface area contributed by atoms with Gasteiger partial charge in [0.1, 0.15) is 4.90 Å². The van der Waals surface area contributed by atoms with Crippen LogP contribution < -0.4 is 5.73 Å². The van der Waals surface area contributed by atoms with E-state index in [0.29, 0.717) is 32.0 Å². The first-order valence-corrected chi connectivity index (χ1v) is 7.51. The van der Waals surface area contributed by atoms with Crippen LogP contribution in [-0.4, -0.2) is 30.7 Å². The van der Waals surface area contributed by atoms with Crippen molar-refractivity contribution in [2.45, 2.75) is 24.2 Å². The molecule has 2 N–H and O–H groups in total. The molecule has 1 aliphatic heterocycles. The van der Waals surface area contributed by atoms with Crippen molar-refractivity contribution in [2.75, 3.05) is 18.8 Å². The van der Waals surface area contributed by atoms with E-state index < -0.39 is 37.0 Å². The molecule has 9 heteroatoms. The normalized spacial score (nSPS) is 17.1. The van der Waals surface area contributed by atoms with E-state index in [1.54, 1.807) is 0 Å². The van der Waals surface area contributed by atoms with Gasteiger partial charge in [0.25, 0.3) is 5.69 Å². The van der Waals surface area contributed by atoms with Crippen molar-refractivity contribution >= 4 is 21.4 Å². The van der Waals surface area contributed by atoms with Crippen LogP contribution in [0.1, 0.15) is 19.3 Å². The van der Waals surface area contributed by atoms with Gasteiger partial charge in [0.2, 0.25) is 10.0 Å². The lowest BCUT2D eigenvalue weighted by molar-refractivity contribution is -0.385. The number of rotatable bonds is 3. The van der Waals surface area contributed by atoms with E-state index in [0.717, 1.165) is 16.8 Å². The van der Waals surface area contributed by atoms with E-state index in [1.807, 2.05) is 0 Å². The number of non-ortho nitro benzene ring substituents is 1. The summed E-state index contributed by atoms with van der Waals surface area (Å²) >= 11 is 0. The largest absolute Gasteiger partial charge is 0.397 e. The molecule has 0 atom stereocenters. The minimum atomic E-state index is -4.06. The van der Waals surface area contributed by atoms with E-state index in [-0.39, 0.29) is 0 Å². The molecular weight excluding hydrogens is 289 g/mol. The maximum Gasteiger partial charge on any atom is 0.274 e. The van der Waals surface area contributed by atoms with E-state index in [4.69, 9.17) is 5.73 Å². The van der Waals surface area contributed by atoms with Crippen molar-refractivity contribution in [2.24, 2.45) is 0 Å². The second kappa shape index (κ2) is 5.33. The number of benzene rings is 1. The van der Waals surface area contributed by atoms with Crippen molar-refractivity contribution in [1.82, 2.24) is 4.31 Å². The molecular formula is C11H14FN3O4S. The van der Waals surface area contributed by atoms with Crippen molar-refractivity contribution in [3.05, 3.63) is 28.1 Å². The molecule has 20 heavy (non-hydrogen) atoms.